The fraction of sp³-hybridized carbons (Fsp3) is 0.312. The Kier molecular flexibility index (Phi) is 5.10. The fourth-order valence-corrected chi connectivity index (χ4v) is 1.97. The van der Waals surface area contributed by atoms with Crippen LogP contribution in [0.25, 0.3) is 0 Å². The van der Waals surface area contributed by atoms with Gasteiger partial charge >= 0.3 is 5.97 Å². The summed E-state index contributed by atoms with van der Waals surface area (Å²) >= 11 is 0. The SMILES string of the molecule is Cc1noc(C)c1CC(=O)O[C@H](C)C(=O)Nc1ccc(F)cc1. The van der Waals surface area contributed by atoms with Gasteiger partial charge in [0.2, 0.25) is 0 Å². The number of hydrogen-bond acceptors (Lipinski definition) is 5. The number of nitrogens with zero attached hydrogens (tertiary/aromatic N) is 1. The Labute approximate surface area is 132 Å². The van der Waals surface area contributed by atoms with E-state index in [1.54, 1.807) is 13.8 Å². The van der Waals surface area contributed by atoms with Gasteiger partial charge in [-0.1, -0.05) is 5.16 Å². The number of amides is 1. The summed E-state index contributed by atoms with van der Waals surface area (Å²) in [4.78, 5) is 23.9. The highest BCUT2D eigenvalue weighted by Crippen LogP contribution is 2.14. The minimum absolute atomic E-state index is 0.0185. The number of hydrogen-bond donors (Lipinski definition) is 1. The maximum absolute atomic E-state index is 12.8. The van der Waals surface area contributed by atoms with E-state index in [9.17, 15) is 14.0 Å². The normalized spacial score (nSPS) is 11.8. The van der Waals surface area contributed by atoms with E-state index < -0.39 is 23.8 Å². The summed E-state index contributed by atoms with van der Waals surface area (Å²) in [6, 6.07) is 5.30. The molecule has 1 aromatic heterocycles. The Bertz CT molecular complexity index is 690. The van der Waals surface area contributed by atoms with Gasteiger partial charge in [0.05, 0.1) is 12.1 Å². The highest BCUT2D eigenvalue weighted by Gasteiger charge is 2.20. The topological polar surface area (TPSA) is 81.4 Å². The average Bonchev–Trinajstić information content (AvgIpc) is 2.81. The van der Waals surface area contributed by atoms with E-state index in [-0.39, 0.29) is 6.42 Å². The van der Waals surface area contributed by atoms with Gasteiger partial charge in [-0.3, -0.25) is 9.59 Å². The molecule has 2 rings (SSSR count). The molecule has 0 spiro atoms. The van der Waals surface area contributed by atoms with E-state index >= 15 is 0 Å². The van der Waals surface area contributed by atoms with Gasteiger partial charge in [-0.25, -0.2) is 4.39 Å². The third-order valence-electron chi connectivity index (χ3n) is 3.29. The summed E-state index contributed by atoms with van der Waals surface area (Å²) in [6.45, 7) is 4.89. The molecule has 1 N–H and O–H groups in total. The number of anilines is 1. The quantitative estimate of drug-likeness (QED) is 0.856. The van der Waals surface area contributed by atoms with Gasteiger partial charge in [-0.2, -0.15) is 0 Å². The van der Waals surface area contributed by atoms with Gasteiger partial charge in [0.25, 0.3) is 5.91 Å². The van der Waals surface area contributed by atoms with Crippen molar-refractivity contribution in [2.75, 3.05) is 5.32 Å². The van der Waals surface area contributed by atoms with Crippen molar-refractivity contribution < 1.29 is 23.2 Å². The summed E-state index contributed by atoms with van der Waals surface area (Å²) in [7, 11) is 0. The molecular weight excluding hydrogens is 303 g/mol. The molecule has 0 saturated carbocycles. The molecule has 122 valence electrons. The number of rotatable bonds is 5. The van der Waals surface area contributed by atoms with Crippen LogP contribution in [0.4, 0.5) is 10.1 Å². The Morgan fingerprint density at radius 2 is 1.96 bits per heavy atom. The van der Waals surface area contributed by atoms with Gasteiger partial charge < -0.3 is 14.6 Å². The van der Waals surface area contributed by atoms with Crippen LogP contribution in [0, 0.1) is 19.7 Å². The molecule has 23 heavy (non-hydrogen) atoms. The second-order valence-corrected chi connectivity index (χ2v) is 5.11. The molecule has 2 aromatic rings. The first kappa shape index (κ1) is 16.7. The summed E-state index contributed by atoms with van der Waals surface area (Å²) in [5, 5.41) is 6.30. The van der Waals surface area contributed by atoms with E-state index in [0.717, 1.165) is 0 Å². The lowest BCUT2D eigenvalue weighted by atomic mass is 10.1. The third-order valence-corrected chi connectivity index (χ3v) is 3.29. The van der Waals surface area contributed by atoms with Crippen molar-refractivity contribution in [3.05, 3.63) is 47.1 Å². The minimum atomic E-state index is -0.979. The van der Waals surface area contributed by atoms with Gasteiger partial charge in [-0.15, -0.1) is 0 Å². The summed E-state index contributed by atoms with van der Waals surface area (Å²) in [5.41, 5.74) is 1.69. The van der Waals surface area contributed by atoms with Crippen LogP contribution in [0.3, 0.4) is 0 Å². The molecule has 0 bridgehead atoms. The van der Waals surface area contributed by atoms with Gasteiger partial charge in [0.1, 0.15) is 11.6 Å². The van der Waals surface area contributed by atoms with E-state index in [2.05, 4.69) is 10.5 Å². The zero-order valence-electron chi connectivity index (χ0n) is 13.1. The van der Waals surface area contributed by atoms with Crippen LogP contribution >= 0.6 is 0 Å². The highest BCUT2D eigenvalue weighted by atomic mass is 19.1. The number of carbonyl (C=O) groups is 2. The molecule has 0 aliphatic rings. The van der Waals surface area contributed by atoms with Crippen molar-refractivity contribution in [3.8, 4) is 0 Å². The Morgan fingerprint density at radius 3 is 2.52 bits per heavy atom. The fourth-order valence-electron chi connectivity index (χ4n) is 1.97. The smallest absolute Gasteiger partial charge is 0.311 e. The number of aryl methyl sites for hydroxylation is 2. The van der Waals surface area contributed by atoms with Crippen molar-refractivity contribution in [1.82, 2.24) is 5.16 Å². The molecule has 7 heteroatoms. The Balaban J connectivity index is 1.90. The number of carbonyl (C=O) groups excluding carboxylic acids is 2. The van der Waals surface area contributed by atoms with Crippen LogP contribution in [0.5, 0.6) is 0 Å². The van der Waals surface area contributed by atoms with Crippen LogP contribution in [-0.2, 0) is 20.7 Å². The van der Waals surface area contributed by atoms with E-state index in [1.165, 1.54) is 31.2 Å². The maximum Gasteiger partial charge on any atom is 0.311 e. The maximum atomic E-state index is 12.8. The van der Waals surface area contributed by atoms with Crippen molar-refractivity contribution >= 4 is 17.6 Å². The second-order valence-electron chi connectivity index (χ2n) is 5.11. The highest BCUT2D eigenvalue weighted by molar-refractivity contribution is 5.95. The Morgan fingerprint density at radius 1 is 1.30 bits per heavy atom. The van der Waals surface area contributed by atoms with E-state index in [0.29, 0.717) is 22.7 Å². The molecule has 1 aromatic carbocycles. The van der Waals surface area contributed by atoms with Gasteiger partial charge in [0.15, 0.2) is 6.10 Å². The third kappa shape index (κ3) is 4.38. The zero-order chi connectivity index (χ0) is 17.0. The van der Waals surface area contributed by atoms with Crippen molar-refractivity contribution in [3.63, 3.8) is 0 Å². The monoisotopic (exact) mass is 320 g/mol. The van der Waals surface area contributed by atoms with Gasteiger partial charge in [0, 0.05) is 11.3 Å². The lowest BCUT2D eigenvalue weighted by molar-refractivity contribution is -0.152. The molecule has 0 saturated heterocycles. The lowest BCUT2D eigenvalue weighted by Gasteiger charge is -2.13. The molecule has 0 radical (unpaired) electrons. The number of nitrogens with one attached hydrogen (secondary N) is 1. The molecule has 0 fully saturated rings. The predicted octanol–water partition coefficient (Wildman–Crippen LogP) is 2.54. The number of ether oxygens (including phenoxy) is 1. The summed E-state index contributed by atoms with van der Waals surface area (Å²) in [5.74, 6) is -0.908. The molecular formula is C16H17FN2O4. The van der Waals surface area contributed by atoms with Crippen molar-refractivity contribution in [2.24, 2.45) is 0 Å². The lowest BCUT2D eigenvalue weighted by Crippen LogP contribution is -2.30. The molecule has 0 aliphatic carbocycles. The first-order valence-electron chi connectivity index (χ1n) is 7.04. The number of aromatic nitrogens is 1. The molecule has 0 unspecified atom stereocenters. The molecule has 1 heterocycles. The first-order valence-corrected chi connectivity index (χ1v) is 7.04. The van der Waals surface area contributed by atoms with Crippen molar-refractivity contribution in [2.45, 2.75) is 33.3 Å². The number of benzene rings is 1. The van der Waals surface area contributed by atoms with E-state index in [4.69, 9.17) is 9.26 Å². The minimum Gasteiger partial charge on any atom is -0.452 e. The first-order chi connectivity index (χ1) is 10.9. The zero-order valence-corrected chi connectivity index (χ0v) is 13.1. The predicted molar refractivity (Wildman–Crippen MR) is 80.3 cm³/mol. The molecule has 6 nitrogen and oxygen atoms in total. The van der Waals surface area contributed by atoms with Crippen molar-refractivity contribution in [1.29, 1.82) is 0 Å². The number of esters is 1. The van der Waals surface area contributed by atoms with Crippen LogP contribution in [0.2, 0.25) is 0 Å². The molecule has 0 aliphatic heterocycles. The average molecular weight is 320 g/mol. The van der Waals surface area contributed by atoms with Crippen LogP contribution in [0.15, 0.2) is 28.8 Å². The Hall–Kier alpha value is -2.70. The number of halogens is 1. The largest absolute Gasteiger partial charge is 0.452 e. The van der Waals surface area contributed by atoms with Crippen LogP contribution in [-0.4, -0.2) is 23.1 Å². The summed E-state index contributed by atoms with van der Waals surface area (Å²) in [6.07, 6.45) is -0.997. The summed E-state index contributed by atoms with van der Waals surface area (Å²) < 4.78 is 22.9. The van der Waals surface area contributed by atoms with Crippen LogP contribution < -0.4 is 5.32 Å². The van der Waals surface area contributed by atoms with Crippen LogP contribution in [0.1, 0.15) is 23.9 Å². The van der Waals surface area contributed by atoms with Gasteiger partial charge in [-0.05, 0) is 45.0 Å². The standard InChI is InChI=1S/C16H17FN2O4/c1-9-14(10(2)23-19-9)8-15(20)22-11(3)16(21)18-13-6-4-12(17)5-7-13/h4-7,11H,8H2,1-3H3,(H,18,21)/t11-/m1/s1. The molecule has 1 atom stereocenters. The second kappa shape index (κ2) is 7.04. The van der Waals surface area contributed by atoms with E-state index in [1.807, 2.05) is 0 Å². The molecule has 1 amide bonds.